The molecule has 7 heteroatoms. The molecule has 0 spiro atoms. The molecule has 1 aromatic carbocycles. The summed E-state index contributed by atoms with van der Waals surface area (Å²) in [6.45, 7) is 3.70. The molecule has 0 saturated heterocycles. The zero-order valence-corrected chi connectivity index (χ0v) is 16.4. The fraction of sp³-hybridized carbons (Fsp3) is 0.650. The Hall–Kier alpha value is -1.76. The van der Waals surface area contributed by atoms with Gasteiger partial charge in [0.25, 0.3) is 0 Å². The largest absolute Gasteiger partial charge is 0.391 e. The van der Waals surface area contributed by atoms with Crippen molar-refractivity contribution in [3.8, 4) is 0 Å². The molecule has 1 aliphatic carbocycles. The van der Waals surface area contributed by atoms with Crippen molar-refractivity contribution in [1.82, 2.24) is 15.5 Å². The summed E-state index contributed by atoms with van der Waals surface area (Å²) in [7, 11) is 3.77. The van der Waals surface area contributed by atoms with Gasteiger partial charge in [-0.3, -0.25) is 9.89 Å². The maximum absolute atomic E-state index is 12.8. The molecule has 0 aromatic heterocycles. The number of hydrogen-bond donors (Lipinski definition) is 2. The molecule has 1 fully saturated rings. The normalized spacial score (nSPS) is 22.6. The molecule has 1 aromatic rings. The van der Waals surface area contributed by atoms with Crippen LogP contribution in [0.2, 0.25) is 0 Å². The van der Waals surface area contributed by atoms with Crippen LogP contribution < -0.4 is 10.6 Å². The van der Waals surface area contributed by atoms with Crippen molar-refractivity contribution < 1.29 is 13.2 Å². The summed E-state index contributed by atoms with van der Waals surface area (Å²) in [4.78, 5) is 6.47. The maximum atomic E-state index is 12.8. The minimum absolute atomic E-state index is 0.0483. The highest BCUT2D eigenvalue weighted by molar-refractivity contribution is 5.80. The molecule has 4 nitrogen and oxygen atoms in total. The minimum atomic E-state index is -4.07. The number of guanidine groups is 1. The fourth-order valence-corrected chi connectivity index (χ4v) is 3.38. The average Bonchev–Trinajstić information content (AvgIpc) is 2.65. The van der Waals surface area contributed by atoms with Gasteiger partial charge in [-0.1, -0.05) is 30.3 Å². The molecular formula is C20H31F3N4. The summed E-state index contributed by atoms with van der Waals surface area (Å²) >= 11 is 0. The van der Waals surface area contributed by atoms with Crippen LogP contribution in [0, 0.1) is 5.92 Å². The highest BCUT2D eigenvalue weighted by Gasteiger charge is 2.41. The van der Waals surface area contributed by atoms with Gasteiger partial charge in [-0.05, 0) is 45.2 Å². The summed E-state index contributed by atoms with van der Waals surface area (Å²) in [5, 5.41) is 6.57. The zero-order chi connectivity index (χ0) is 19.9. The molecule has 1 unspecified atom stereocenters. The summed E-state index contributed by atoms with van der Waals surface area (Å²) in [6.07, 6.45) is -2.64. The smallest absolute Gasteiger partial charge is 0.355 e. The molecule has 1 aliphatic rings. The van der Waals surface area contributed by atoms with E-state index < -0.39 is 12.1 Å². The Labute approximate surface area is 160 Å². The van der Waals surface area contributed by atoms with Crippen molar-refractivity contribution in [2.75, 3.05) is 20.6 Å². The fourth-order valence-electron chi connectivity index (χ4n) is 3.38. The summed E-state index contributed by atoms with van der Waals surface area (Å²) in [6, 6.07) is 10.6. The molecular weight excluding hydrogens is 353 g/mol. The van der Waals surface area contributed by atoms with Crippen LogP contribution in [-0.4, -0.2) is 49.8 Å². The lowest BCUT2D eigenvalue weighted by Crippen LogP contribution is -2.49. The van der Waals surface area contributed by atoms with E-state index in [2.05, 4.69) is 46.6 Å². The van der Waals surface area contributed by atoms with E-state index in [1.165, 1.54) is 5.56 Å². The van der Waals surface area contributed by atoms with Crippen molar-refractivity contribution in [1.29, 1.82) is 0 Å². The molecule has 0 radical (unpaired) electrons. The molecule has 2 N–H and O–H groups in total. The van der Waals surface area contributed by atoms with E-state index >= 15 is 0 Å². The van der Waals surface area contributed by atoms with Crippen LogP contribution in [0.5, 0.6) is 0 Å². The lowest BCUT2D eigenvalue weighted by atomic mass is 9.85. The van der Waals surface area contributed by atoms with E-state index in [1.54, 1.807) is 7.05 Å². The number of aliphatic imine (C=N–C) groups is 1. The SMILES string of the molecule is CN=C(NCC(C)N(C)Cc1ccccc1)NC1CCC(C(F)(F)F)CC1. The van der Waals surface area contributed by atoms with Crippen LogP contribution in [0.4, 0.5) is 13.2 Å². The summed E-state index contributed by atoms with van der Waals surface area (Å²) < 4.78 is 38.3. The van der Waals surface area contributed by atoms with Crippen molar-refractivity contribution >= 4 is 5.96 Å². The van der Waals surface area contributed by atoms with Gasteiger partial charge in [0.15, 0.2) is 5.96 Å². The Morgan fingerprint density at radius 2 is 1.81 bits per heavy atom. The van der Waals surface area contributed by atoms with Crippen LogP contribution in [0.1, 0.15) is 38.2 Å². The molecule has 1 saturated carbocycles. The number of alkyl halides is 3. The van der Waals surface area contributed by atoms with Crippen LogP contribution >= 0.6 is 0 Å². The second kappa shape index (κ2) is 9.97. The summed E-state index contributed by atoms with van der Waals surface area (Å²) in [5.41, 5.74) is 1.26. The van der Waals surface area contributed by atoms with Crippen molar-refractivity contribution in [3.05, 3.63) is 35.9 Å². The van der Waals surface area contributed by atoms with Gasteiger partial charge in [0, 0.05) is 32.2 Å². The van der Waals surface area contributed by atoms with E-state index in [-0.39, 0.29) is 24.9 Å². The molecule has 27 heavy (non-hydrogen) atoms. The maximum Gasteiger partial charge on any atom is 0.391 e. The lowest BCUT2D eigenvalue weighted by Gasteiger charge is -2.31. The minimum Gasteiger partial charge on any atom is -0.355 e. The first-order valence-corrected chi connectivity index (χ1v) is 9.57. The first-order chi connectivity index (χ1) is 12.8. The van der Waals surface area contributed by atoms with Crippen molar-refractivity contribution in [2.45, 2.75) is 57.4 Å². The molecule has 0 heterocycles. The van der Waals surface area contributed by atoms with Crippen LogP contribution in [0.3, 0.4) is 0 Å². The van der Waals surface area contributed by atoms with Gasteiger partial charge in [-0.2, -0.15) is 13.2 Å². The van der Waals surface area contributed by atoms with Gasteiger partial charge < -0.3 is 10.6 Å². The summed E-state index contributed by atoms with van der Waals surface area (Å²) in [5.74, 6) is -0.498. The van der Waals surface area contributed by atoms with E-state index in [4.69, 9.17) is 0 Å². The molecule has 0 aliphatic heterocycles. The van der Waals surface area contributed by atoms with Crippen LogP contribution in [0.15, 0.2) is 35.3 Å². The Kier molecular flexibility index (Phi) is 7.95. The number of likely N-dealkylation sites (N-methyl/N-ethyl adjacent to an activating group) is 1. The number of nitrogens with one attached hydrogen (secondary N) is 2. The van der Waals surface area contributed by atoms with Crippen LogP contribution in [-0.2, 0) is 6.54 Å². The Morgan fingerprint density at radius 3 is 2.37 bits per heavy atom. The van der Waals surface area contributed by atoms with Gasteiger partial charge in [-0.25, -0.2) is 0 Å². The topological polar surface area (TPSA) is 39.7 Å². The molecule has 2 rings (SSSR count). The van der Waals surface area contributed by atoms with Gasteiger partial charge in [0.2, 0.25) is 0 Å². The highest BCUT2D eigenvalue weighted by atomic mass is 19.4. The van der Waals surface area contributed by atoms with Gasteiger partial charge in [0.1, 0.15) is 0 Å². The quantitative estimate of drug-likeness (QED) is 0.579. The van der Waals surface area contributed by atoms with E-state index in [1.807, 2.05) is 18.2 Å². The van der Waals surface area contributed by atoms with Gasteiger partial charge in [-0.15, -0.1) is 0 Å². The first kappa shape index (κ1) is 21.5. The number of hydrogen-bond acceptors (Lipinski definition) is 2. The third-order valence-corrected chi connectivity index (χ3v) is 5.35. The molecule has 1 atom stereocenters. The Balaban J connectivity index is 1.74. The molecule has 0 amide bonds. The van der Waals surface area contributed by atoms with Crippen molar-refractivity contribution in [2.24, 2.45) is 10.9 Å². The zero-order valence-electron chi connectivity index (χ0n) is 16.4. The standard InChI is InChI=1S/C20H31F3N4/c1-15(27(3)14-16-7-5-4-6-8-16)13-25-19(24-2)26-18-11-9-17(10-12-18)20(21,22)23/h4-8,15,17-18H,9-14H2,1-3H3,(H2,24,25,26). The Bertz CT molecular complexity index is 581. The van der Waals surface area contributed by atoms with Crippen molar-refractivity contribution in [3.63, 3.8) is 0 Å². The monoisotopic (exact) mass is 384 g/mol. The number of rotatable bonds is 6. The lowest BCUT2D eigenvalue weighted by molar-refractivity contribution is -0.182. The second-order valence-electron chi connectivity index (χ2n) is 7.44. The average molecular weight is 384 g/mol. The number of halogens is 3. The van der Waals surface area contributed by atoms with E-state index in [9.17, 15) is 13.2 Å². The third kappa shape index (κ3) is 7.05. The highest BCUT2D eigenvalue weighted by Crippen LogP contribution is 2.37. The second-order valence-corrected chi connectivity index (χ2v) is 7.44. The molecule has 152 valence electrons. The van der Waals surface area contributed by atoms with E-state index in [0.717, 1.165) is 6.54 Å². The predicted molar refractivity (Wildman–Crippen MR) is 104 cm³/mol. The van der Waals surface area contributed by atoms with Gasteiger partial charge >= 0.3 is 6.18 Å². The van der Waals surface area contributed by atoms with E-state index in [0.29, 0.717) is 25.3 Å². The van der Waals surface area contributed by atoms with Crippen LogP contribution in [0.25, 0.3) is 0 Å². The Morgan fingerprint density at radius 1 is 1.19 bits per heavy atom. The predicted octanol–water partition coefficient (Wildman–Crippen LogP) is 3.79. The third-order valence-electron chi connectivity index (χ3n) is 5.35. The van der Waals surface area contributed by atoms with Gasteiger partial charge in [0.05, 0.1) is 5.92 Å². The number of nitrogens with zero attached hydrogens (tertiary/aromatic N) is 2. The molecule has 0 bridgehead atoms. The number of benzene rings is 1. The first-order valence-electron chi connectivity index (χ1n) is 9.57.